The summed E-state index contributed by atoms with van der Waals surface area (Å²) in [4.78, 5) is 38.5. The van der Waals surface area contributed by atoms with Crippen molar-refractivity contribution in [3.05, 3.63) is 50.0 Å². The number of pyridine rings is 1. The molecular formula is C22H19F5N8O4S. The number of hydrogen-bond acceptors (Lipinski definition) is 8. The SMILES string of the molecule is CCn1cc(-c2cc(C(F)(F)F)nc3sc(C(N)=O)c(NC(=O)Cn4nc(C(F)F)c([N+](=O)[O-])c4C)c23)c(C)n1. The van der Waals surface area contributed by atoms with Crippen LogP contribution < -0.4 is 11.1 Å². The Hall–Kier alpha value is -4.48. The molecule has 0 bridgehead atoms. The zero-order valence-electron chi connectivity index (χ0n) is 20.8. The number of anilines is 1. The van der Waals surface area contributed by atoms with Crippen molar-refractivity contribution in [2.45, 2.75) is 46.5 Å². The molecule has 40 heavy (non-hydrogen) atoms. The van der Waals surface area contributed by atoms with Crippen molar-refractivity contribution >= 4 is 44.7 Å². The Labute approximate surface area is 224 Å². The van der Waals surface area contributed by atoms with Gasteiger partial charge in [0, 0.05) is 23.7 Å². The average molecular weight is 587 g/mol. The Bertz CT molecular complexity index is 1670. The summed E-state index contributed by atoms with van der Waals surface area (Å²) in [6, 6.07) is 0.759. The largest absolute Gasteiger partial charge is 0.433 e. The van der Waals surface area contributed by atoms with E-state index in [4.69, 9.17) is 5.73 Å². The number of carbonyl (C=O) groups is 2. The van der Waals surface area contributed by atoms with Crippen LogP contribution in [0.15, 0.2) is 12.3 Å². The minimum Gasteiger partial charge on any atom is -0.365 e. The molecule has 4 rings (SSSR count). The molecule has 0 aliphatic rings. The zero-order valence-corrected chi connectivity index (χ0v) is 21.7. The highest BCUT2D eigenvalue weighted by atomic mass is 32.1. The van der Waals surface area contributed by atoms with Gasteiger partial charge >= 0.3 is 11.9 Å². The second-order valence-electron chi connectivity index (χ2n) is 8.47. The second kappa shape index (κ2) is 10.2. The summed E-state index contributed by atoms with van der Waals surface area (Å²) in [5, 5.41) is 21.3. The Morgan fingerprint density at radius 1 is 1.23 bits per heavy atom. The van der Waals surface area contributed by atoms with Crippen LogP contribution in [0.25, 0.3) is 21.3 Å². The third kappa shape index (κ3) is 5.08. The summed E-state index contributed by atoms with van der Waals surface area (Å²) in [7, 11) is 0. The Kier molecular flexibility index (Phi) is 7.31. The molecule has 0 radical (unpaired) electrons. The number of halogens is 5. The molecule has 2 amide bonds. The summed E-state index contributed by atoms with van der Waals surface area (Å²) in [5.41, 5.74) is 2.10. The highest BCUT2D eigenvalue weighted by Crippen LogP contribution is 2.44. The first-order chi connectivity index (χ1) is 18.6. The van der Waals surface area contributed by atoms with Gasteiger partial charge in [0.05, 0.1) is 16.3 Å². The van der Waals surface area contributed by atoms with E-state index in [2.05, 4.69) is 20.5 Å². The van der Waals surface area contributed by atoms with E-state index in [0.717, 1.165) is 13.0 Å². The van der Waals surface area contributed by atoms with Crippen molar-refractivity contribution in [3.63, 3.8) is 0 Å². The van der Waals surface area contributed by atoms with Crippen LogP contribution >= 0.6 is 11.3 Å². The van der Waals surface area contributed by atoms with Crippen molar-refractivity contribution in [1.29, 1.82) is 0 Å². The lowest BCUT2D eigenvalue weighted by Crippen LogP contribution is -2.22. The number of rotatable bonds is 8. The number of nitrogens with zero attached hydrogens (tertiary/aromatic N) is 6. The van der Waals surface area contributed by atoms with Crippen LogP contribution in [0.5, 0.6) is 0 Å². The monoisotopic (exact) mass is 586 g/mol. The number of carbonyl (C=O) groups excluding carboxylic acids is 2. The van der Waals surface area contributed by atoms with Crippen molar-refractivity contribution in [2.24, 2.45) is 5.73 Å². The van der Waals surface area contributed by atoms with Crippen molar-refractivity contribution < 1.29 is 36.5 Å². The Morgan fingerprint density at radius 3 is 2.40 bits per heavy atom. The smallest absolute Gasteiger partial charge is 0.365 e. The molecule has 0 unspecified atom stereocenters. The molecule has 4 aromatic heterocycles. The summed E-state index contributed by atoms with van der Waals surface area (Å²) in [5.74, 6) is -2.06. The van der Waals surface area contributed by atoms with E-state index in [1.54, 1.807) is 13.8 Å². The Balaban J connectivity index is 1.88. The topological polar surface area (TPSA) is 164 Å². The molecule has 4 aromatic rings. The molecule has 0 saturated carbocycles. The summed E-state index contributed by atoms with van der Waals surface area (Å²) >= 11 is 0.517. The molecule has 0 fully saturated rings. The van der Waals surface area contributed by atoms with Gasteiger partial charge in [0.1, 0.15) is 27.6 Å². The van der Waals surface area contributed by atoms with Crippen molar-refractivity contribution in [2.75, 3.05) is 5.32 Å². The second-order valence-corrected chi connectivity index (χ2v) is 9.47. The molecule has 212 valence electrons. The number of thiophene rings is 1. The predicted octanol–water partition coefficient (Wildman–Crippen LogP) is 4.60. The van der Waals surface area contributed by atoms with Crippen LogP contribution in [-0.4, -0.2) is 41.3 Å². The molecule has 3 N–H and O–H groups in total. The van der Waals surface area contributed by atoms with E-state index in [1.165, 1.54) is 10.9 Å². The highest BCUT2D eigenvalue weighted by Gasteiger charge is 2.36. The maximum Gasteiger partial charge on any atom is 0.433 e. The van der Waals surface area contributed by atoms with Gasteiger partial charge in [-0.15, -0.1) is 11.3 Å². The standard InChI is InChI=1S/C22H19F5N8O4S/c1-4-33-6-11(8(2)31-33)10-5-12(22(25,26)27)29-21-14(10)15(18(40-21)20(28)37)30-13(36)7-34-9(3)17(35(38)39)16(32-34)19(23)24/h5-6,19H,4,7H2,1-3H3,(H2,28,37)(H,30,36). The molecule has 0 atom stereocenters. The van der Waals surface area contributed by atoms with Gasteiger partial charge in [-0.25, -0.2) is 13.8 Å². The minimum absolute atomic E-state index is 0.0321. The number of nitrogens with two attached hydrogens (primary N) is 1. The molecule has 0 spiro atoms. The van der Waals surface area contributed by atoms with Gasteiger partial charge in [-0.2, -0.15) is 23.4 Å². The number of alkyl halides is 5. The van der Waals surface area contributed by atoms with E-state index in [1.807, 2.05) is 0 Å². The van der Waals surface area contributed by atoms with E-state index < -0.39 is 53.0 Å². The van der Waals surface area contributed by atoms with Gasteiger partial charge in [-0.3, -0.25) is 29.1 Å². The summed E-state index contributed by atoms with van der Waals surface area (Å²) in [6.07, 6.45) is -6.66. The third-order valence-electron chi connectivity index (χ3n) is 5.88. The number of hydrogen-bond donors (Lipinski definition) is 2. The fourth-order valence-electron chi connectivity index (χ4n) is 4.09. The lowest BCUT2D eigenvalue weighted by atomic mass is 10.0. The fourth-order valence-corrected chi connectivity index (χ4v) is 5.10. The number of primary amides is 1. The van der Waals surface area contributed by atoms with Crippen molar-refractivity contribution in [3.8, 4) is 11.1 Å². The first-order valence-corrected chi connectivity index (χ1v) is 12.1. The predicted molar refractivity (Wildman–Crippen MR) is 132 cm³/mol. The van der Waals surface area contributed by atoms with Gasteiger partial charge in [0.25, 0.3) is 12.3 Å². The van der Waals surface area contributed by atoms with Gasteiger partial charge < -0.3 is 11.1 Å². The summed E-state index contributed by atoms with van der Waals surface area (Å²) < 4.78 is 70.0. The van der Waals surface area contributed by atoms with Gasteiger partial charge in [-0.05, 0) is 32.4 Å². The third-order valence-corrected chi connectivity index (χ3v) is 6.98. The number of nitrogens with one attached hydrogen (secondary N) is 1. The quantitative estimate of drug-likeness (QED) is 0.173. The molecule has 0 saturated heterocycles. The van der Waals surface area contributed by atoms with Crippen LogP contribution in [0.4, 0.5) is 33.3 Å². The first kappa shape index (κ1) is 28.5. The van der Waals surface area contributed by atoms with Crippen LogP contribution in [0.2, 0.25) is 0 Å². The van der Waals surface area contributed by atoms with Crippen LogP contribution in [0.1, 0.15) is 45.8 Å². The van der Waals surface area contributed by atoms with E-state index >= 15 is 0 Å². The fraction of sp³-hybridized carbons (Fsp3) is 0.318. The molecule has 12 nitrogen and oxygen atoms in total. The molecule has 0 aliphatic heterocycles. The molecule has 0 aliphatic carbocycles. The Morgan fingerprint density at radius 2 is 1.90 bits per heavy atom. The van der Waals surface area contributed by atoms with E-state index in [0.29, 0.717) is 28.3 Å². The molecule has 4 heterocycles. The van der Waals surface area contributed by atoms with Gasteiger partial charge in [0.2, 0.25) is 11.6 Å². The van der Waals surface area contributed by atoms with E-state index in [9.17, 15) is 41.7 Å². The number of nitro groups is 1. The minimum atomic E-state index is -4.85. The van der Waals surface area contributed by atoms with Crippen molar-refractivity contribution in [1.82, 2.24) is 24.5 Å². The van der Waals surface area contributed by atoms with Gasteiger partial charge in [0.15, 0.2) is 0 Å². The lowest BCUT2D eigenvalue weighted by Gasteiger charge is -2.12. The number of aryl methyl sites for hydroxylation is 2. The van der Waals surface area contributed by atoms with Crippen LogP contribution in [-0.2, 0) is 24.1 Å². The maximum atomic E-state index is 13.7. The van der Waals surface area contributed by atoms with Crippen LogP contribution in [0.3, 0.4) is 0 Å². The van der Waals surface area contributed by atoms with Crippen LogP contribution in [0, 0.1) is 24.0 Å². The zero-order chi connectivity index (χ0) is 29.7. The molecule has 18 heteroatoms. The average Bonchev–Trinajstić information content (AvgIpc) is 3.51. The first-order valence-electron chi connectivity index (χ1n) is 11.3. The van der Waals surface area contributed by atoms with E-state index in [-0.39, 0.29) is 37.6 Å². The molecular weight excluding hydrogens is 567 g/mol. The number of fused-ring (bicyclic) bond motifs is 1. The number of aromatic nitrogens is 5. The maximum absolute atomic E-state index is 13.7. The highest BCUT2D eigenvalue weighted by molar-refractivity contribution is 7.21. The number of amides is 2. The normalized spacial score (nSPS) is 11.9. The lowest BCUT2D eigenvalue weighted by molar-refractivity contribution is -0.386. The molecule has 0 aromatic carbocycles. The summed E-state index contributed by atoms with van der Waals surface area (Å²) in [6.45, 7) is 4.05. The van der Waals surface area contributed by atoms with Gasteiger partial charge in [-0.1, -0.05) is 0 Å².